The van der Waals surface area contributed by atoms with Crippen LogP contribution in [0.2, 0.25) is 0 Å². The molecule has 2 unspecified atom stereocenters. The van der Waals surface area contributed by atoms with E-state index in [1.165, 1.54) is 0 Å². The number of carbonyl (C=O) groups is 3. The molecule has 11 nitrogen and oxygen atoms in total. The van der Waals surface area contributed by atoms with Crippen LogP contribution in [-0.4, -0.2) is 66.2 Å². The number of carbonyl (C=O) groups excluding carboxylic acids is 3. The first-order valence-electron chi connectivity index (χ1n) is 12.6. The molecular weight excluding hydrogens is 478 g/mol. The van der Waals surface area contributed by atoms with Gasteiger partial charge in [-0.15, -0.1) is 0 Å². The van der Waals surface area contributed by atoms with Crippen LogP contribution in [0.3, 0.4) is 0 Å². The Morgan fingerprint density at radius 2 is 1.80 bits per heavy atom. The van der Waals surface area contributed by atoms with Crippen molar-refractivity contribution in [1.29, 1.82) is 0 Å². The second kappa shape index (κ2) is 13.4. The Morgan fingerprint density at radius 1 is 1.14 bits per heavy atom. The van der Waals surface area contributed by atoms with E-state index in [1.54, 1.807) is 0 Å². The van der Waals surface area contributed by atoms with E-state index < -0.39 is 45.6 Å². The number of hydrogen-bond acceptors (Lipinski definition) is 7. The topological polar surface area (TPSA) is 171 Å². The standard InChI is InChI=1S/C23H41N3O8S/c1-4-5-15-6-8-17(9-7-15)34-23(30)26-18(12-14(2)3)21(28)25-19(22(29)35(31,32)33)13-16-10-11-24-20(16)27/h14-19,22,29H,4-13H2,1-3H3,(H,24,27)(H,25,28)(H,26,30)(H,31,32,33)/t15?,16?,17?,18-,19-,22?/m1/s1. The first-order chi connectivity index (χ1) is 16.4. The predicted molar refractivity (Wildman–Crippen MR) is 129 cm³/mol. The lowest BCUT2D eigenvalue weighted by Crippen LogP contribution is -2.55. The fraction of sp³-hybridized carbons (Fsp3) is 0.870. The lowest BCUT2D eigenvalue weighted by atomic mass is 9.85. The van der Waals surface area contributed by atoms with Gasteiger partial charge in [0.1, 0.15) is 12.1 Å². The third kappa shape index (κ3) is 9.57. The summed E-state index contributed by atoms with van der Waals surface area (Å²) in [4.78, 5) is 37.6. The van der Waals surface area contributed by atoms with Gasteiger partial charge in [0.2, 0.25) is 17.3 Å². The van der Waals surface area contributed by atoms with E-state index in [0.717, 1.165) is 38.5 Å². The summed E-state index contributed by atoms with van der Waals surface area (Å²) in [5.74, 6) is -1.02. The summed E-state index contributed by atoms with van der Waals surface area (Å²) in [5.41, 5.74) is -2.31. The zero-order valence-corrected chi connectivity index (χ0v) is 21.7. The van der Waals surface area contributed by atoms with Crippen LogP contribution >= 0.6 is 0 Å². The van der Waals surface area contributed by atoms with E-state index in [9.17, 15) is 32.5 Å². The van der Waals surface area contributed by atoms with Crippen LogP contribution in [0, 0.1) is 17.8 Å². The van der Waals surface area contributed by atoms with Crippen molar-refractivity contribution in [3.05, 3.63) is 0 Å². The van der Waals surface area contributed by atoms with Gasteiger partial charge in [-0.2, -0.15) is 8.42 Å². The van der Waals surface area contributed by atoms with Crippen LogP contribution in [0.1, 0.15) is 78.6 Å². The molecule has 0 radical (unpaired) electrons. The maximum atomic E-state index is 13.0. The SMILES string of the molecule is CCCC1CCC(OC(=O)N[C@H](CC(C)C)C(=O)N[C@H](CC2CCNC2=O)C(O)S(=O)(=O)O)CC1. The van der Waals surface area contributed by atoms with Crippen LogP contribution in [0.5, 0.6) is 0 Å². The number of ether oxygens (including phenoxy) is 1. The largest absolute Gasteiger partial charge is 0.446 e. The van der Waals surface area contributed by atoms with Gasteiger partial charge in [0.15, 0.2) is 0 Å². The summed E-state index contributed by atoms with van der Waals surface area (Å²) in [5, 5.41) is 17.8. The van der Waals surface area contributed by atoms with Gasteiger partial charge in [-0.25, -0.2) is 4.79 Å². The number of nitrogens with one attached hydrogen (secondary N) is 3. The van der Waals surface area contributed by atoms with Gasteiger partial charge in [0, 0.05) is 12.5 Å². The summed E-state index contributed by atoms with van der Waals surface area (Å²) in [6.07, 6.45) is 5.32. The van der Waals surface area contributed by atoms with Crippen molar-refractivity contribution in [3.8, 4) is 0 Å². The molecule has 202 valence electrons. The first-order valence-corrected chi connectivity index (χ1v) is 14.1. The highest BCUT2D eigenvalue weighted by Gasteiger charge is 2.38. The lowest BCUT2D eigenvalue weighted by molar-refractivity contribution is -0.126. The number of alkyl carbamates (subject to hydrolysis) is 1. The summed E-state index contributed by atoms with van der Waals surface area (Å²) in [7, 11) is -4.91. The van der Waals surface area contributed by atoms with Gasteiger partial charge >= 0.3 is 6.09 Å². The molecule has 1 aliphatic carbocycles. The van der Waals surface area contributed by atoms with Gasteiger partial charge in [0.25, 0.3) is 10.1 Å². The Bertz CT molecular complexity index is 827. The Morgan fingerprint density at radius 3 is 2.31 bits per heavy atom. The molecule has 4 atom stereocenters. The van der Waals surface area contributed by atoms with E-state index >= 15 is 0 Å². The number of aliphatic hydroxyl groups is 1. The minimum atomic E-state index is -4.91. The van der Waals surface area contributed by atoms with Gasteiger partial charge in [0.05, 0.1) is 6.04 Å². The second-order valence-corrected chi connectivity index (χ2v) is 11.7. The molecule has 2 rings (SSSR count). The van der Waals surface area contributed by atoms with E-state index in [4.69, 9.17) is 4.74 Å². The molecule has 0 aromatic carbocycles. The number of rotatable bonds is 12. The van der Waals surface area contributed by atoms with Crippen LogP contribution in [0.4, 0.5) is 4.79 Å². The van der Waals surface area contributed by atoms with Crippen molar-refractivity contribution in [2.75, 3.05) is 6.54 Å². The maximum absolute atomic E-state index is 13.0. The highest BCUT2D eigenvalue weighted by atomic mass is 32.2. The fourth-order valence-corrected chi connectivity index (χ4v) is 5.49. The Kier molecular flexibility index (Phi) is 11.2. The molecule has 1 aliphatic heterocycles. The van der Waals surface area contributed by atoms with Crippen molar-refractivity contribution in [1.82, 2.24) is 16.0 Å². The van der Waals surface area contributed by atoms with E-state index in [2.05, 4.69) is 22.9 Å². The van der Waals surface area contributed by atoms with Crippen LogP contribution in [0.15, 0.2) is 0 Å². The molecule has 0 aromatic rings. The molecule has 2 fully saturated rings. The third-order valence-electron chi connectivity index (χ3n) is 6.76. The molecule has 1 heterocycles. The summed E-state index contributed by atoms with van der Waals surface area (Å²) in [6.45, 7) is 6.26. The van der Waals surface area contributed by atoms with Crippen molar-refractivity contribution in [2.24, 2.45) is 17.8 Å². The minimum absolute atomic E-state index is 0.00101. The Balaban J connectivity index is 2.03. The smallest absolute Gasteiger partial charge is 0.408 e. The molecule has 35 heavy (non-hydrogen) atoms. The van der Waals surface area contributed by atoms with Crippen molar-refractivity contribution in [2.45, 2.75) is 102 Å². The van der Waals surface area contributed by atoms with E-state index in [1.807, 2.05) is 13.8 Å². The molecule has 5 N–H and O–H groups in total. The molecule has 3 amide bonds. The average molecular weight is 520 g/mol. The summed E-state index contributed by atoms with van der Waals surface area (Å²) < 4.78 is 38.1. The zero-order chi connectivity index (χ0) is 26.2. The van der Waals surface area contributed by atoms with Crippen LogP contribution < -0.4 is 16.0 Å². The monoisotopic (exact) mass is 519 g/mol. The average Bonchev–Trinajstić information content (AvgIpc) is 3.17. The molecule has 0 bridgehead atoms. The molecule has 2 aliphatic rings. The quantitative estimate of drug-likeness (QED) is 0.242. The maximum Gasteiger partial charge on any atom is 0.408 e. The minimum Gasteiger partial charge on any atom is -0.446 e. The Hall–Kier alpha value is -1.92. The molecule has 0 spiro atoms. The van der Waals surface area contributed by atoms with Gasteiger partial charge in [-0.3, -0.25) is 14.1 Å². The second-order valence-electron chi connectivity index (χ2n) is 10.2. The highest BCUT2D eigenvalue weighted by molar-refractivity contribution is 7.86. The van der Waals surface area contributed by atoms with Crippen LogP contribution in [-0.2, 0) is 24.4 Å². The molecule has 12 heteroatoms. The van der Waals surface area contributed by atoms with Gasteiger partial charge in [-0.1, -0.05) is 33.6 Å². The van der Waals surface area contributed by atoms with Crippen LogP contribution in [0.25, 0.3) is 0 Å². The summed E-state index contributed by atoms with van der Waals surface area (Å²) >= 11 is 0. The zero-order valence-electron chi connectivity index (χ0n) is 20.9. The normalized spacial score (nSPS) is 25.4. The first kappa shape index (κ1) is 29.3. The Labute approximate surface area is 207 Å². The molecular formula is C23H41N3O8S. The fourth-order valence-electron chi connectivity index (χ4n) is 4.89. The molecule has 1 saturated carbocycles. The predicted octanol–water partition coefficient (Wildman–Crippen LogP) is 1.70. The lowest BCUT2D eigenvalue weighted by Gasteiger charge is -2.30. The number of amides is 3. The van der Waals surface area contributed by atoms with Crippen molar-refractivity contribution >= 4 is 28.0 Å². The van der Waals surface area contributed by atoms with Gasteiger partial charge < -0.3 is 25.8 Å². The highest BCUT2D eigenvalue weighted by Crippen LogP contribution is 2.29. The summed E-state index contributed by atoms with van der Waals surface area (Å²) in [6, 6.07) is -2.49. The van der Waals surface area contributed by atoms with E-state index in [-0.39, 0.29) is 30.8 Å². The van der Waals surface area contributed by atoms with Crippen molar-refractivity contribution in [3.63, 3.8) is 0 Å². The third-order valence-corrected chi connectivity index (χ3v) is 7.70. The molecule has 0 aromatic heterocycles. The van der Waals surface area contributed by atoms with E-state index in [0.29, 0.717) is 18.9 Å². The number of aliphatic hydroxyl groups excluding tert-OH is 1. The van der Waals surface area contributed by atoms with Gasteiger partial charge in [-0.05, 0) is 56.8 Å². The number of hydrogen-bond donors (Lipinski definition) is 5. The molecule has 1 saturated heterocycles. The van der Waals surface area contributed by atoms with Crippen molar-refractivity contribution < 1.29 is 37.2 Å².